The minimum absolute atomic E-state index is 0.166. The number of nitrogens with zero attached hydrogens (tertiary/aromatic N) is 1. The maximum absolute atomic E-state index is 11.0. The van der Waals surface area contributed by atoms with Crippen LogP contribution < -0.4 is 5.32 Å². The van der Waals surface area contributed by atoms with Crippen molar-refractivity contribution < 1.29 is 22.9 Å². The molecule has 124 valence electrons. The molecule has 2 rings (SSSR count). The minimum atomic E-state index is -4.20. The smallest absolute Gasteiger partial charge is 0.325 e. The molecule has 7 nitrogen and oxygen atoms in total. The predicted octanol–water partition coefficient (Wildman–Crippen LogP) is 2.33. The lowest BCUT2D eigenvalue weighted by molar-refractivity contribution is -0.135. The molecule has 0 fully saturated rings. The van der Waals surface area contributed by atoms with Crippen LogP contribution >= 0.6 is 0 Å². The van der Waals surface area contributed by atoms with Gasteiger partial charge in [0, 0.05) is 17.1 Å². The number of hydrogen-bond acceptors (Lipinski definition) is 5. The number of aliphatic carboxylic acids is 1. The van der Waals surface area contributed by atoms with E-state index >= 15 is 0 Å². The summed E-state index contributed by atoms with van der Waals surface area (Å²) in [7, 11) is -4.20. The van der Waals surface area contributed by atoms with E-state index in [9.17, 15) is 13.2 Å². The van der Waals surface area contributed by atoms with Gasteiger partial charge < -0.3 is 10.4 Å². The first kappa shape index (κ1) is 17.2. The van der Waals surface area contributed by atoms with Gasteiger partial charge in [0.05, 0.1) is 4.90 Å². The van der Waals surface area contributed by atoms with E-state index in [0.29, 0.717) is 5.69 Å². The summed E-state index contributed by atoms with van der Waals surface area (Å²) in [5.41, 5.74) is 3.30. The third-order valence-electron chi connectivity index (χ3n) is 3.58. The first-order valence-electron chi connectivity index (χ1n) is 7.07. The van der Waals surface area contributed by atoms with Crippen LogP contribution in [0.15, 0.2) is 45.4 Å². The zero-order valence-electron chi connectivity index (χ0n) is 12.6. The van der Waals surface area contributed by atoms with Crippen molar-refractivity contribution in [2.75, 3.05) is 11.9 Å². The van der Waals surface area contributed by atoms with Crippen molar-refractivity contribution in [2.45, 2.75) is 31.1 Å². The van der Waals surface area contributed by atoms with Gasteiger partial charge in [-0.05, 0) is 56.0 Å². The third-order valence-corrected chi connectivity index (χ3v) is 4.45. The Morgan fingerprint density at radius 3 is 2.48 bits per heavy atom. The fourth-order valence-corrected chi connectivity index (χ4v) is 2.86. The summed E-state index contributed by atoms with van der Waals surface area (Å²) in [5.74, 6) is -0.966. The normalized spacial score (nSPS) is 17.4. The molecule has 0 radical (unpaired) electrons. The summed E-state index contributed by atoms with van der Waals surface area (Å²) in [6, 6.07) is 5.75. The van der Waals surface area contributed by atoms with Gasteiger partial charge in [0.1, 0.15) is 6.54 Å². The lowest BCUT2D eigenvalue weighted by Gasteiger charge is -2.21. The fraction of sp³-hybridized carbons (Fsp3) is 0.333. The molecule has 0 aliphatic heterocycles. The Kier molecular flexibility index (Phi) is 5.17. The maximum atomic E-state index is 11.0. The van der Waals surface area contributed by atoms with Crippen molar-refractivity contribution in [3.05, 3.63) is 35.5 Å². The highest BCUT2D eigenvalue weighted by atomic mass is 32.2. The van der Waals surface area contributed by atoms with E-state index < -0.39 is 16.1 Å². The van der Waals surface area contributed by atoms with E-state index in [1.165, 1.54) is 12.1 Å². The summed E-state index contributed by atoms with van der Waals surface area (Å²) >= 11 is 0. The van der Waals surface area contributed by atoms with Gasteiger partial charge in [-0.25, -0.2) is 0 Å². The van der Waals surface area contributed by atoms with Crippen molar-refractivity contribution in [3.63, 3.8) is 0 Å². The van der Waals surface area contributed by atoms with Crippen molar-refractivity contribution in [1.82, 2.24) is 0 Å². The van der Waals surface area contributed by atoms with Crippen LogP contribution in [-0.2, 0) is 14.9 Å². The number of hydrogen-bond donors (Lipinski definition) is 3. The van der Waals surface area contributed by atoms with Crippen molar-refractivity contribution in [2.24, 2.45) is 4.99 Å². The average Bonchev–Trinajstić information content (AvgIpc) is 2.47. The molecule has 1 aromatic rings. The molecule has 0 spiro atoms. The van der Waals surface area contributed by atoms with Gasteiger partial charge in [0.15, 0.2) is 0 Å². The van der Waals surface area contributed by atoms with Crippen LogP contribution in [-0.4, -0.2) is 36.3 Å². The number of benzene rings is 1. The quantitative estimate of drug-likeness (QED) is 0.710. The summed E-state index contributed by atoms with van der Waals surface area (Å²) in [4.78, 5) is 14.6. The van der Waals surface area contributed by atoms with Crippen molar-refractivity contribution in [3.8, 4) is 0 Å². The van der Waals surface area contributed by atoms with Crippen LogP contribution in [0.5, 0.6) is 0 Å². The van der Waals surface area contributed by atoms with Gasteiger partial charge in [-0.2, -0.15) is 8.42 Å². The van der Waals surface area contributed by atoms with Crippen LogP contribution in [0.25, 0.3) is 0 Å². The van der Waals surface area contributed by atoms with E-state index in [4.69, 9.17) is 9.66 Å². The van der Waals surface area contributed by atoms with Crippen LogP contribution in [0.2, 0.25) is 0 Å². The van der Waals surface area contributed by atoms with Crippen LogP contribution in [0, 0.1) is 0 Å². The summed E-state index contributed by atoms with van der Waals surface area (Å²) in [6.45, 7) is 1.64. The Bertz CT molecular complexity index is 764. The molecule has 0 heterocycles. The lowest BCUT2D eigenvalue weighted by Crippen LogP contribution is -2.16. The first-order chi connectivity index (χ1) is 10.8. The third kappa shape index (κ3) is 4.64. The van der Waals surface area contributed by atoms with Gasteiger partial charge in [-0.15, -0.1) is 0 Å². The number of anilines is 1. The zero-order valence-corrected chi connectivity index (χ0v) is 13.4. The fourth-order valence-electron chi connectivity index (χ4n) is 2.38. The molecule has 0 unspecified atom stereocenters. The number of carbonyl (C=O) groups is 1. The number of carboxylic acids is 1. The van der Waals surface area contributed by atoms with Crippen LogP contribution in [0.1, 0.15) is 26.2 Å². The Hall–Kier alpha value is -2.19. The van der Waals surface area contributed by atoms with Gasteiger partial charge in [-0.1, -0.05) is 0 Å². The predicted molar refractivity (Wildman–Crippen MR) is 86.4 cm³/mol. The lowest BCUT2D eigenvalue weighted by atomic mass is 9.95. The van der Waals surface area contributed by atoms with Gasteiger partial charge in [-0.3, -0.25) is 14.3 Å². The van der Waals surface area contributed by atoms with E-state index in [0.717, 1.165) is 36.2 Å². The Balaban J connectivity index is 2.19. The van der Waals surface area contributed by atoms with E-state index in [1.807, 2.05) is 6.92 Å². The number of aliphatic imine (C=N–C) groups is 1. The Morgan fingerprint density at radius 1 is 1.26 bits per heavy atom. The molecule has 0 atom stereocenters. The molecule has 0 saturated heterocycles. The molecule has 1 aromatic carbocycles. The Morgan fingerprint density at radius 2 is 1.91 bits per heavy atom. The molecule has 1 aliphatic carbocycles. The highest BCUT2D eigenvalue weighted by Gasteiger charge is 2.16. The second-order valence-corrected chi connectivity index (χ2v) is 6.66. The highest BCUT2D eigenvalue weighted by molar-refractivity contribution is 7.85. The number of rotatable bonds is 5. The molecule has 8 heteroatoms. The second kappa shape index (κ2) is 6.93. The van der Waals surface area contributed by atoms with Gasteiger partial charge in [0.25, 0.3) is 10.1 Å². The van der Waals surface area contributed by atoms with Gasteiger partial charge in [0.2, 0.25) is 0 Å². The largest absolute Gasteiger partial charge is 0.480 e. The topological polar surface area (TPSA) is 116 Å². The van der Waals surface area contributed by atoms with E-state index in [2.05, 4.69) is 10.3 Å². The Labute approximate surface area is 134 Å². The number of nitrogens with one attached hydrogen (secondary N) is 1. The molecule has 0 bridgehead atoms. The van der Waals surface area contributed by atoms with Crippen LogP contribution in [0.4, 0.5) is 5.69 Å². The molecule has 0 saturated carbocycles. The zero-order chi connectivity index (χ0) is 17.0. The van der Waals surface area contributed by atoms with E-state index in [1.54, 1.807) is 12.1 Å². The number of carboxylic acid groups (broad SMARTS) is 1. The molecule has 3 N–H and O–H groups in total. The molecule has 23 heavy (non-hydrogen) atoms. The van der Waals surface area contributed by atoms with Gasteiger partial charge >= 0.3 is 5.97 Å². The average molecular weight is 338 g/mol. The monoisotopic (exact) mass is 338 g/mol. The first-order valence-corrected chi connectivity index (χ1v) is 8.51. The SMILES string of the molecule is CC1=C(Nc2ccc(S(=O)(=O)O)cc2)CCCC1=NCC(=O)O. The molecule has 0 amide bonds. The van der Waals surface area contributed by atoms with Crippen LogP contribution in [0.3, 0.4) is 0 Å². The summed E-state index contributed by atoms with van der Waals surface area (Å²) in [5, 5.41) is 11.9. The molecule has 1 aliphatic rings. The standard InChI is InChI=1S/C15H18N2O5S/c1-10-13(16-9-15(18)19)3-2-4-14(10)17-11-5-7-12(8-6-11)23(20,21)22/h5-8,17H,2-4,9H2,1H3,(H,18,19)(H,20,21,22). The highest BCUT2D eigenvalue weighted by Crippen LogP contribution is 2.25. The van der Waals surface area contributed by atoms with E-state index in [-0.39, 0.29) is 11.4 Å². The van der Waals surface area contributed by atoms with Crippen molar-refractivity contribution in [1.29, 1.82) is 0 Å². The molecular weight excluding hydrogens is 320 g/mol. The summed E-state index contributed by atoms with van der Waals surface area (Å²) in [6.07, 6.45) is 2.41. The second-order valence-electron chi connectivity index (χ2n) is 5.24. The number of allylic oxidation sites excluding steroid dienone is 2. The maximum Gasteiger partial charge on any atom is 0.325 e. The molecular formula is C15H18N2O5S. The van der Waals surface area contributed by atoms with Crippen molar-refractivity contribution >= 4 is 27.5 Å². The molecule has 0 aromatic heterocycles. The minimum Gasteiger partial charge on any atom is -0.480 e. The summed E-state index contributed by atoms with van der Waals surface area (Å²) < 4.78 is 31.0.